The number of methoxy groups -OCH3 is 1. The van der Waals surface area contributed by atoms with E-state index in [9.17, 15) is 0 Å². The lowest BCUT2D eigenvalue weighted by Gasteiger charge is -2.23. The highest BCUT2D eigenvalue weighted by molar-refractivity contribution is 14.0. The van der Waals surface area contributed by atoms with Crippen molar-refractivity contribution in [1.29, 1.82) is 0 Å². The monoisotopic (exact) mass is 447 g/mol. The highest BCUT2D eigenvalue weighted by atomic mass is 127. The normalized spacial score (nSPS) is 16.8. The van der Waals surface area contributed by atoms with Crippen LogP contribution in [0.2, 0.25) is 0 Å². The van der Waals surface area contributed by atoms with Gasteiger partial charge in [0.25, 0.3) is 0 Å². The van der Waals surface area contributed by atoms with Gasteiger partial charge in [0.15, 0.2) is 5.96 Å². The van der Waals surface area contributed by atoms with Crippen LogP contribution in [0.5, 0.6) is 11.5 Å². The Morgan fingerprint density at radius 1 is 1.38 bits per heavy atom. The van der Waals surface area contributed by atoms with Gasteiger partial charge in [0, 0.05) is 29.6 Å². The molecule has 0 fully saturated rings. The molecule has 1 aliphatic rings. The summed E-state index contributed by atoms with van der Waals surface area (Å²) < 4.78 is 11.4. The quantitative estimate of drug-likeness (QED) is 0.422. The first kappa shape index (κ1) is 20.9. The molecule has 0 radical (unpaired) electrons. The number of nitrogens with one attached hydrogen (secondary N) is 2. The van der Waals surface area contributed by atoms with Crippen LogP contribution in [-0.4, -0.2) is 31.3 Å². The molecule has 0 saturated carbocycles. The molecule has 6 heteroatoms. The molecule has 1 aliphatic heterocycles. The molecule has 136 valence electrons. The van der Waals surface area contributed by atoms with Crippen LogP contribution in [-0.2, 0) is 13.0 Å². The minimum absolute atomic E-state index is 0. The van der Waals surface area contributed by atoms with Gasteiger partial charge in [-0.15, -0.1) is 24.0 Å². The lowest BCUT2D eigenvalue weighted by atomic mass is 10.1. The van der Waals surface area contributed by atoms with E-state index in [1.54, 1.807) is 7.11 Å². The molecule has 2 N–H and O–H groups in total. The molecule has 0 bridgehead atoms. The van der Waals surface area contributed by atoms with E-state index in [4.69, 9.17) is 9.47 Å². The fourth-order valence-corrected chi connectivity index (χ4v) is 2.62. The standard InChI is InChI=1S/C18H29N3O2.HI/c1-7-19-17(21-18(3,4)5)20-11-14-10-16-13(8-12(2)23-16)9-15(14)22-6;/h9-10,12H,7-8,11H2,1-6H3,(H2,19,20,21);1H. The van der Waals surface area contributed by atoms with E-state index in [2.05, 4.69) is 62.4 Å². The smallest absolute Gasteiger partial charge is 0.191 e. The molecule has 0 spiro atoms. The number of hydrogen-bond acceptors (Lipinski definition) is 3. The van der Waals surface area contributed by atoms with Gasteiger partial charge in [0.05, 0.1) is 13.7 Å². The second kappa shape index (κ2) is 8.78. The largest absolute Gasteiger partial charge is 0.496 e. The first-order chi connectivity index (χ1) is 10.8. The van der Waals surface area contributed by atoms with E-state index in [0.29, 0.717) is 6.54 Å². The Kier molecular flexibility index (Phi) is 7.63. The number of rotatable bonds is 4. The van der Waals surface area contributed by atoms with Crippen molar-refractivity contribution in [3.8, 4) is 11.5 Å². The number of aliphatic imine (C=N–C) groups is 1. The summed E-state index contributed by atoms with van der Waals surface area (Å²) in [6, 6.07) is 4.13. The van der Waals surface area contributed by atoms with Gasteiger partial charge in [-0.2, -0.15) is 0 Å². The Hall–Kier alpha value is -1.18. The molecule has 1 aromatic rings. The molecule has 0 amide bonds. The highest BCUT2D eigenvalue weighted by Crippen LogP contribution is 2.35. The fourth-order valence-electron chi connectivity index (χ4n) is 2.62. The molecule has 1 atom stereocenters. The number of benzene rings is 1. The van der Waals surface area contributed by atoms with Crippen LogP contribution in [0, 0.1) is 0 Å². The third-order valence-electron chi connectivity index (χ3n) is 3.54. The minimum atomic E-state index is -0.0401. The van der Waals surface area contributed by atoms with Gasteiger partial charge in [-0.3, -0.25) is 0 Å². The minimum Gasteiger partial charge on any atom is -0.496 e. The van der Waals surface area contributed by atoms with E-state index >= 15 is 0 Å². The highest BCUT2D eigenvalue weighted by Gasteiger charge is 2.21. The zero-order valence-electron chi connectivity index (χ0n) is 15.5. The van der Waals surface area contributed by atoms with Crippen molar-refractivity contribution in [2.75, 3.05) is 13.7 Å². The predicted molar refractivity (Wildman–Crippen MR) is 110 cm³/mol. The van der Waals surface area contributed by atoms with E-state index in [-0.39, 0.29) is 35.6 Å². The zero-order valence-corrected chi connectivity index (χ0v) is 17.9. The molecular weight excluding hydrogens is 417 g/mol. The van der Waals surface area contributed by atoms with Gasteiger partial charge in [-0.05, 0) is 46.8 Å². The van der Waals surface area contributed by atoms with Crippen molar-refractivity contribution in [2.24, 2.45) is 4.99 Å². The zero-order chi connectivity index (χ0) is 17.0. The molecule has 0 saturated heterocycles. The summed E-state index contributed by atoms with van der Waals surface area (Å²) in [6.07, 6.45) is 1.16. The van der Waals surface area contributed by atoms with Crippen LogP contribution in [0.4, 0.5) is 0 Å². The summed E-state index contributed by atoms with van der Waals surface area (Å²) >= 11 is 0. The summed E-state index contributed by atoms with van der Waals surface area (Å²) in [6.45, 7) is 11.9. The second-order valence-electron chi connectivity index (χ2n) is 6.97. The van der Waals surface area contributed by atoms with Gasteiger partial charge >= 0.3 is 0 Å². The maximum Gasteiger partial charge on any atom is 0.191 e. The average molecular weight is 447 g/mol. The van der Waals surface area contributed by atoms with Gasteiger partial charge in [-0.25, -0.2) is 4.99 Å². The SMILES string of the molecule is CCNC(=NCc1cc2c(cc1OC)CC(C)O2)NC(C)(C)C.I. The number of halogens is 1. The number of fused-ring (bicyclic) bond motifs is 1. The fraction of sp³-hybridized carbons (Fsp3) is 0.611. The Bertz CT molecular complexity index is 582. The summed E-state index contributed by atoms with van der Waals surface area (Å²) in [7, 11) is 1.70. The van der Waals surface area contributed by atoms with Crippen molar-refractivity contribution in [1.82, 2.24) is 10.6 Å². The second-order valence-corrected chi connectivity index (χ2v) is 6.97. The number of nitrogens with zero attached hydrogens (tertiary/aromatic N) is 1. The Labute approximate surface area is 162 Å². The van der Waals surface area contributed by atoms with Crippen LogP contribution in [0.25, 0.3) is 0 Å². The number of ether oxygens (including phenoxy) is 2. The summed E-state index contributed by atoms with van der Waals surface area (Å²) in [5.74, 6) is 2.63. The first-order valence-electron chi connectivity index (χ1n) is 8.25. The molecule has 1 heterocycles. The molecule has 2 rings (SSSR count). The number of hydrogen-bond donors (Lipinski definition) is 2. The summed E-state index contributed by atoms with van der Waals surface area (Å²) in [5.41, 5.74) is 2.20. The molecular formula is C18H30IN3O2. The third kappa shape index (κ3) is 5.72. The van der Waals surface area contributed by atoms with Crippen molar-refractivity contribution in [3.05, 3.63) is 23.3 Å². The van der Waals surface area contributed by atoms with Gasteiger partial charge < -0.3 is 20.1 Å². The van der Waals surface area contributed by atoms with E-state index < -0.39 is 0 Å². The molecule has 1 unspecified atom stereocenters. The van der Waals surface area contributed by atoms with Crippen molar-refractivity contribution >= 4 is 29.9 Å². The molecule has 0 aromatic heterocycles. The topological polar surface area (TPSA) is 54.9 Å². The molecule has 5 nitrogen and oxygen atoms in total. The molecule has 0 aliphatic carbocycles. The summed E-state index contributed by atoms with van der Waals surface area (Å²) in [4.78, 5) is 4.68. The maximum atomic E-state index is 5.85. The third-order valence-corrected chi connectivity index (χ3v) is 3.54. The van der Waals surface area contributed by atoms with Gasteiger partial charge in [0.2, 0.25) is 0 Å². The van der Waals surface area contributed by atoms with Crippen molar-refractivity contribution in [3.63, 3.8) is 0 Å². The van der Waals surface area contributed by atoms with Gasteiger partial charge in [-0.1, -0.05) is 0 Å². The van der Waals surface area contributed by atoms with Crippen LogP contribution < -0.4 is 20.1 Å². The molecule has 1 aromatic carbocycles. The van der Waals surface area contributed by atoms with Gasteiger partial charge in [0.1, 0.15) is 17.6 Å². The Balaban J connectivity index is 0.00000288. The van der Waals surface area contributed by atoms with Crippen LogP contribution in [0.15, 0.2) is 17.1 Å². The maximum absolute atomic E-state index is 5.85. The van der Waals surface area contributed by atoms with Crippen LogP contribution in [0.1, 0.15) is 45.7 Å². The Morgan fingerprint density at radius 3 is 2.67 bits per heavy atom. The van der Waals surface area contributed by atoms with E-state index in [0.717, 1.165) is 36.0 Å². The van der Waals surface area contributed by atoms with Crippen LogP contribution in [0.3, 0.4) is 0 Å². The first-order valence-corrected chi connectivity index (χ1v) is 8.25. The molecule has 24 heavy (non-hydrogen) atoms. The van der Waals surface area contributed by atoms with Crippen LogP contribution >= 0.6 is 24.0 Å². The lowest BCUT2D eigenvalue weighted by molar-refractivity contribution is 0.254. The number of guanidine groups is 1. The Morgan fingerprint density at radius 2 is 2.08 bits per heavy atom. The summed E-state index contributed by atoms with van der Waals surface area (Å²) in [5, 5.41) is 6.66. The lowest BCUT2D eigenvalue weighted by Crippen LogP contribution is -2.47. The predicted octanol–water partition coefficient (Wildman–Crippen LogP) is 3.49. The van der Waals surface area contributed by atoms with Crippen molar-refractivity contribution in [2.45, 2.75) is 59.2 Å². The average Bonchev–Trinajstić information content (AvgIpc) is 2.81. The van der Waals surface area contributed by atoms with E-state index in [1.807, 2.05) is 0 Å². The van der Waals surface area contributed by atoms with E-state index in [1.165, 1.54) is 5.56 Å². The van der Waals surface area contributed by atoms with Crippen molar-refractivity contribution < 1.29 is 9.47 Å².